The first-order valence-electron chi connectivity index (χ1n) is 11.1. The number of aromatic amines is 1. The zero-order chi connectivity index (χ0) is 23.5. The summed E-state index contributed by atoms with van der Waals surface area (Å²) in [5, 5.41) is 1.18. The van der Waals surface area contributed by atoms with E-state index in [0.717, 1.165) is 39.4 Å². The van der Waals surface area contributed by atoms with Gasteiger partial charge in [-0.1, -0.05) is 38.1 Å². The van der Waals surface area contributed by atoms with Crippen molar-refractivity contribution in [2.45, 2.75) is 45.3 Å². The van der Waals surface area contributed by atoms with Crippen molar-refractivity contribution >= 4 is 39.2 Å². The van der Waals surface area contributed by atoms with Gasteiger partial charge in [0.05, 0.1) is 11.1 Å². The standard InChI is InChI=1S/C24H29N3O4S2/c1-5-14(2)10-17-15(3)33-23-21(17)22(29)25-24(26-23)32-13-20(28)27(4)12-16-6-7-18-19(11-16)31-9-8-30-18/h6-7,11,14H,5,8-10,12-13H2,1-4H3,(H,25,26,29). The number of ether oxygens (including phenoxy) is 2. The van der Waals surface area contributed by atoms with E-state index in [4.69, 9.17) is 9.47 Å². The molecule has 3 heterocycles. The maximum absolute atomic E-state index is 12.8. The fourth-order valence-corrected chi connectivity index (χ4v) is 5.66. The van der Waals surface area contributed by atoms with Crippen LogP contribution in [0.4, 0.5) is 0 Å². The minimum atomic E-state index is -0.123. The molecule has 2 aromatic heterocycles. The van der Waals surface area contributed by atoms with Crippen molar-refractivity contribution < 1.29 is 14.3 Å². The van der Waals surface area contributed by atoms with E-state index < -0.39 is 0 Å². The van der Waals surface area contributed by atoms with Crippen molar-refractivity contribution in [3.8, 4) is 11.5 Å². The third-order valence-corrected chi connectivity index (χ3v) is 7.77. The van der Waals surface area contributed by atoms with Gasteiger partial charge < -0.3 is 19.4 Å². The summed E-state index contributed by atoms with van der Waals surface area (Å²) in [6, 6.07) is 5.72. The molecule has 176 valence electrons. The highest BCUT2D eigenvalue weighted by molar-refractivity contribution is 7.99. The van der Waals surface area contributed by atoms with Crippen molar-refractivity contribution in [2.75, 3.05) is 26.0 Å². The topological polar surface area (TPSA) is 84.5 Å². The van der Waals surface area contributed by atoms with Gasteiger partial charge >= 0.3 is 0 Å². The van der Waals surface area contributed by atoms with Crippen molar-refractivity contribution in [3.63, 3.8) is 0 Å². The summed E-state index contributed by atoms with van der Waals surface area (Å²) in [6.45, 7) is 7.94. The summed E-state index contributed by atoms with van der Waals surface area (Å²) in [5.74, 6) is 2.10. The molecule has 33 heavy (non-hydrogen) atoms. The Morgan fingerprint density at radius 2 is 2.06 bits per heavy atom. The number of carbonyl (C=O) groups excluding carboxylic acids is 1. The molecule has 7 nitrogen and oxygen atoms in total. The van der Waals surface area contributed by atoms with Gasteiger partial charge in [-0.25, -0.2) is 4.98 Å². The zero-order valence-electron chi connectivity index (χ0n) is 19.4. The monoisotopic (exact) mass is 487 g/mol. The van der Waals surface area contributed by atoms with Gasteiger partial charge in [-0.15, -0.1) is 11.3 Å². The van der Waals surface area contributed by atoms with Crippen molar-refractivity contribution in [2.24, 2.45) is 5.92 Å². The van der Waals surface area contributed by atoms with E-state index in [1.165, 1.54) is 11.8 Å². The largest absolute Gasteiger partial charge is 0.486 e. The van der Waals surface area contributed by atoms with Crippen LogP contribution in [-0.2, 0) is 17.8 Å². The molecule has 1 amide bonds. The highest BCUT2D eigenvalue weighted by atomic mass is 32.2. The number of amides is 1. The molecule has 1 atom stereocenters. The van der Waals surface area contributed by atoms with Crippen molar-refractivity contribution in [1.82, 2.24) is 14.9 Å². The summed E-state index contributed by atoms with van der Waals surface area (Å²) < 4.78 is 11.2. The Balaban J connectivity index is 1.41. The molecule has 4 rings (SSSR count). The molecule has 9 heteroatoms. The summed E-state index contributed by atoms with van der Waals surface area (Å²) in [5.41, 5.74) is 1.95. The molecule has 0 bridgehead atoms. The Morgan fingerprint density at radius 3 is 2.82 bits per heavy atom. The molecule has 1 aliphatic heterocycles. The minimum Gasteiger partial charge on any atom is -0.486 e. The van der Waals surface area contributed by atoms with Gasteiger partial charge in [-0.2, -0.15) is 0 Å². The molecule has 1 unspecified atom stereocenters. The molecule has 3 aromatic rings. The second-order valence-corrected chi connectivity index (χ2v) is 10.6. The summed E-state index contributed by atoms with van der Waals surface area (Å²) in [4.78, 5) is 36.6. The Bertz CT molecular complexity index is 1220. The second-order valence-electron chi connectivity index (χ2n) is 8.42. The smallest absolute Gasteiger partial charge is 0.260 e. The number of carbonyl (C=O) groups is 1. The van der Waals surface area contributed by atoms with E-state index in [2.05, 4.69) is 23.8 Å². The van der Waals surface area contributed by atoms with Crippen molar-refractivity contribution in [1.29, 1.82) is 0 Å². The maximum Gasteiger partial charge on any atom is 0.260 e. The van der Waals surface area contributed by atoms with Crippen LogP contribution in [0.25, 0.3) is 10.2 Å². The number of nitrogens with one attached hydrogen (secondary N) is 1. The number of hydrogen-bond donors (Lipinski definition) is 1. The molecule has 0 radical (unpaired) electrons. The first-order chi connectivity index (χ1) is 15.9. The molecule has 1 N–H and O–H groups in total. The van der Waals surface area contributed by atoms with E-state index >= 15 is 0 Å². The van der Waals surface area contributed by atoms with E-state index in [0.29, 0.717) is 42.0 Å². The number of thiophene rings is 1. The third-order valence-electron chi connectivity index (χ3n) is 5.87. The first-order valence-corrected chi connectivity index (χ1v) is 12.9. The number of benzene rings is 1. The number of rotatable bonds is 8. The lowest BCUT2D eigenvalue weighted by molar-refractivity contribution is -0.127. The average Bonchev–Trinajstić information content (AvgIpc) is 3.12. The van der Waals surface area contributed by atoms with Gasteiger partial charge in [0.1, 0.15) is 18.0 Å². The second kappa shape index (κ2) is 10.2. The molecule has 0 spiro atoms. The molecular weight excluding hydrogens is 458 g/mol. The van der Waals surface area contributed by atoms with Crippen LogP contribution >= 0.6 is 23.1 Å². The third kappa shape index (κ3) is 5.35. The lowest BCUT2D eigenvalue weighted by Crippen LogP contribution is -2.28. The van der Waals surface area contributed by atoms with Crippen LogP contribution in [0.1, 0.15) is 36.3 Å². The summed E-state index contributed by atoms with van der Waals surface area (Å²) in [6.07, 6.45) is 1.95. The number of fused-ring (bicyclic) bond motifs is 2. The first kappa shape index (κ1) is 23.6. The Hall–Kier alpha value is -2.52. The van der Waals surface area contributed by atoms with Gasteiger partial charge in [0.25, 0.3) is 5.56 Å². The Morgan fingerprint density at radius 1 is 1.30 bits per heavy atom. The van der Waals surface area contributed by atoms with Gasteiger partial charge in [-0.3, -0.25) is 9.59 Å². The average molecular weight is 488 g/mol. The quantitative estimate of drug-likeness (QED) is 0.374. The van der Waals surface area contributed by atoms with E-state index in [9.17, 15) is 9.59 Å². The maximum atomic E-state index is 12.8. The van der Waals surface area contributed by atoms with Crippen LogP contribution in [0.5, 0.6) is 11.5 Å². The highest BCUT2D eigenvalue weighted by Gasteiger charge is 2.18. The van der Waals surface area contributed by atoms with Crippen LogP contribution < -0.4 is 15.0 Å². The number of hydrogen-bond acceptors (Lipinski definition) is 7. The van der Waals surface area contributed by atoms with E-state index in [1.54, 1.807) is 23.3 Å². The van der Waals surface area contributed by atoms with Crippen LogP contribution in [0, 0.1) is 12.8 Å². The van der Waals surface area contributed by atoms with Gasteiger partial charge in [0.2, 0.25) is 5.91 Å². The van der Waals surface area contributed by atoms with E-state index in [-0.39, 0.29) is 17.2 Å². The fraction of sp³-hybridized carbons (Fsp3) is 0.458. The Labute approximate surface area is 201 Å². The molecule has 0 aliphatic carbocycles. The molecule has 0 saturated carbocycles. The SMILES string of the molecule is CCC(C)Cc1c(C)sc2nc(SCC(=O)N(C)Cc3ccc4c(c3)OCCO4)[nH]c(=O)c12. The lowest BCUT2D eigenvalue weighted by atomic mass is 9.98. The van der Waals surface area contributed by atoms with Crippen LogP contribution in [0.3, 0.4) is 0 Å². The van der Waals surface area contributed by atoms with E-state index in [1.807, 2.05) is 25.1 Å². The minimum absolute atomic E-state index is 0.0440. The normalized spacial score (nSPS) is 13.8. The summed E-state index contributed by atoms with van der Waals surface area (Å²) >= 11 is 2.81. The number of aromatic nitrogens is 2. The molecule has 0 fully saturated rings. The van der Waals surface area contributed by atoms with Crippen LogP contribution in [-0.4, -0.2) is 46.8 Å². The number of thioether (sulfide) groups is 1. The van der Waals surface area contributed by atoms with Gasteiger partial charge in [0, 0.05) is 18.5 Å². The fourth-order valence-electron chi connectivity index (χ4n) is 3.75. The number of nitrogens with zero attached hydrogens (tertiary/aromatic N) is 2. The van der Waals surface area contributed by atoms with Crippen LogP contribution in [0.2, 0.25) is 0 Å². The predicted octanol–water partition coefficient (Wildman–Crippen LogP) is 4.40. The molecule has 1 aliphatic rings. The zero-order valence-corrected chi connectivity index (χ0v) is 21.0. The molecule has 1 aromatic carbocycles. The predicted molar refractivity (Wildman–Crippen MR) is 133 cm³/mol. The van der Waals surface area contributed by atoms with Crippen LogP contribution in [0.15, 0.2) is 28.2 Å². The number of aryl methyl sites for hydroxylation is 1. The molecular formula is C24H29N3O4S2. The Kier molecular flexibility index (Phi) is 7.29. The lowest BCUT2D eigenvalue weighted by Gasteiger charge is -2.21. The molecule has 0 saturated heterocycles. The van der Waals surface area contributed by atoms with Gasteiger partial charge in [-0.05, 0) is 42.5 Å². The van der Waals surface area contributed by atoms with Gasteiger partial charge in [0.15, 0.2) is 16.7 Å². The van der Waals surface area contributed by atoms with Crippen molar-refractivity contribution in [3.05, 3.63) is 44.6 Å². The highest BCUT2D eigenvalue weighted by Crippen LogP contribution is 2.32. The number of H-pyrrole nitrogens is 1. The summed E-state index contributed by atoms with van der Waals surface area (Å²) in [7, 11) is 1.77.